The fourth-order valence-electron chi connectivity index (χ4n) is 2.82. The van der Waals surface area contributed by atoms with Gasteiger partial charge in [0.25, 0.3) is 5.91 Å². The van der Waals surface area contributed by atoms with E-state index in [1.165, 1.54) is 30.6 Å². The van der Waals surface area contributed by atoms with Gasteiger partial charge in [0.2, 0.25) is 0 Å². The number of nitrogens with zero attached hydrogens (tertiary/aromatic N) is 3. The molecule has 3 rings (SSSR count). The van der Waals surface area contributed by atoms with E-state index < -0.39 is 48.7 Å². The Kier molecular flexibility index (Phi) is 5.98. The maximum atomic E-state index is 12.5. The lowest BCUT2D eigenvalue weighted by molar-refractivity contribution is -0.0549. The molecule has 0 aromatic carbocycles. The molecule has 1 fully saturated rings. The molecular formula is C17H18N4O8. The normalized spacial score (nSPS) is 23.6. The van der Waals surface area contributed by atoms with Crippen LogP contribution in [-0.2, 0) is 9.47 Å². The van der Waals surface area contributed by atoms with E-state index in [9.17, 15) is 24.6 Å². The largest absolute Gasteiger partial charge is 0.464 e. The zero-order valence-corrected chi connectivity index (χ0v) is 15.1. The number of aromatic nitrogens is 3. The average Bonchev–Trinajstić information content (AvgIpc) is 3.01. The quantitative estimate of drug-likeness (QED) is 0.419. The molecule has 12 nitrogen and oxygen atoms in total. The summed E-state index contributed by atoms with van der Waals surface area (Å²) in [6.45, 7) is -0.543. The van der Waals surface area contributed by atoms with Crippen molar-refractivity contribution in [3.63, 3.8) is 0 Å². The lowest BCUT2D eigenvalue weighted by atomic mass is 10.1. The van der Waals surface area contributed by atoms with Crippen molar-refractivity contribution in [3.8, 4) is 0 Å². The molecule has 29 heavy (non-hydrogen) atoms. The highest BCUT2D eigenvalue weighted by Gasteiger charge is 2.43. The number of amides is 1. The molecule has 1 saturated heterocycles. The number of hydrogen-bond donors (Lipinski definition) is 4. The molecule has 0 saturated carbocycles. The minimum absolute atomic E-state index is 0.0752. The zero-order valence-electron chi connectivity index (χ0n) is 15.1. The Labute approximate surface area is 163 Å². The van der Waals surface area contributed by atoms with E-state index in [-0.39, 0.29) is 17.1 Å². The second kappa shape index (κ2) is 8.45. The van der Waals surface area contributed by atoms with E-state index in [1.54, 1.807) is 0 Å². The molecule has 2 aromatic heterocycles. The monoisotopic (exact) mass is 406 g/mol. The molecule has 154 valence electrons. The number of pyridine rings is 1. The first-order chi connectivity index (χ1) is 13.9. The van der Waals surface area contributed by atoms with Crippen LogP contribution in [0.2, 0.25) is 0 Å². The van der Waals surface area contributed by atoms with Crippen molar-refractivity contribution < 1.29 is 34.4 Å². The minimum atomic E-state index is -1.45. The van der Waals surface area contributed by atoms with Gasteiger partial charge < -0.3 is 30.1 Å². The van der Waals surface area contributed by atoms with Crippen LogP contribution < -0.4 is 11.0 Å². The Morgan fingerprint density at radius 1 is 1.31 bits per heavy atom. The van der Waals surface area contributed by atoms with Gasteiger partial charge in [0.15, 0.2) is 11.9 Å². The van der Waals surface area contributed by atoms with Gasteiger partial charge in [-0.2, -0.15) is 4.98 Å². The number of carbonyl (C=O) groups is 2. The number of methoxy groups -OCH3 is 1. The Bertz CT molecular complexity index is 978. The summed E-state index contributed by atoms with van der Waals surface area (Å²) in [6, 6.07) is 4.08. The molecule has 12 heteroatoms. The number of ether oxygens (including phenoxy) is 2. The summed E-state index contributed by atoms with van der Waals surface area (Å²) in [4.78, 5) is 44.0. The van der Waals surface area contributed by atoms with Crippen LogP contribution in [0, 0.1) is 0 Å². The van der Waals surface area contributed by atoms with Gasteiger partial charge >= 0.3 is 11.7 Å². The predicted octanol–water partition coefficient (Wildman–Crippen LogP) is -1.71. The summed E-state index contributed by atoms with van der Waals surface area (Å²) in [7, 11) is 1.15. The van der Waals surface area contributed by atoms with Crippen molar-refractivity contribution in [1.29, 1.82) is 0 Å². The van der Waals surface area contributed by atoms with E-state index in [2.05, 4.69) is 20.0 Å². The Hall–Kier alpha value is -3.19. The first-order valence-corrected chi connectivity index (χ1v) is 8.43. The number of nitrogens with one attached hydrogen (secondary N) is 1. The fourth-order valence-corrected chi connectivity index (χ4v) is 2.82. The third-order valence-corrected chi connectivity index (χ3v) is 4.29. The number of aliphatic hydroxyl groups is 3. The summed E-state index contributed by atoms with van der Waals surface area (Å²) >= 11 is 0. The van der Waals surface area contributed by atoms with Crippen LogP contribution in [0.25, 0.3) is 0 Å². The van der Waals surface area contributed by atoms with E-state index in [0.717, 1.165) is 11.7 Å². The van der Waals surface area contributed by atoms with Crippen molar-refractivity contribution in [2.75, 3.05) is 19.0 Å². The van der Waals surface area contributed by atoms with Crippen LogP contribution in [-0.4, -0.2) is 73.8 Å². The molecular weight excluding hydrogens is 388 g/mol. The van der Waals surface area contributed by atoms with Gasteiger partial charge in [-0.05, 0) is 18.2 Å². The minimum Gasteiger partial charge on any atom is -0.464 e. The molecule has 3 heterocycles. The van der Waals surface area contributed by atoms with Crippen molar-refractivity contribution in [2.24, 2.45) is 0 Å². The van der Waals surface area contributed by atoms with Crippen LogP contribution in [0.4, 0.5) is 5.82 Å². The molecule has 0 radical (unpaired) electrons. The molecule has 4 N–H and O–H groups in total. The van der Waals surface area contributed by atoms with E-state index >= 15 is 0 Å². The summed E-state index contributed by atoms with van der Waals surface area (Å²) in [5, 5.41) is 31.3. The first-order valence-electron chi connectivity index (χ1n) is 8.43. The van der Waals surface area contributed by atoms with Gasteiger partial charge in [-0.3, -0.25) is 9.36 Å². The van der Waals surface area contributed by atoms with Crippen LogP contribution in [0.5, 0.6) is 0 Å². The second-order valence-corrected chi connectivity index (χ2v) is 6.08. The highest BCUT2D eigenvalue weighted by Crippen LogP contribution is 2.28. The van der Waals surface area contributed by atoms with E-state index in [1.807, 2.05) is 0 Å². The van der Waals surface area contributed by atoms with Crippen molar-refractivity contribution in [2.45, 2.75) is 24.5 Å². The summed E-state index contributed by atoms with van der Waals surface area (Å²) in [5.41, 5.74) is -1.15. The number of hydrogen-bond acceptors (Lipinski definition) is 10. The molecule has 2 aromatic rings. The first kappa shape index (κ1) is 20.5. The maximum Gasteiger partial charge on any atom is 0.357 e. The second-order valence-electron chi connectivity index (χ2n) is 6.08. The van der Waals surface area contributed by atoms with Gasteiger partial charge in [-0.25, -0.2) is 14.6 Å². The van der Waals surface area contributed by atoms with Gasteiger partial charge in [-0.1, -0.05) is 0 Å². The van der Waals surface area contributed by atoms with E-state index in [0.29, 0.717) is 0 Å². The SMILES string of the molecule is COC(=O)c1ncccc1C(=O)Nc1ccn(C2OC(CO)C(O)C2O)c(=O)n1. The van der Waals surface area contributed by atoms with Crippen LogP contribution in [0.1, 0.15) is 27.1 Å². The van der Waals surface area contributed by atoms with Crippen molar-refractivity contribution in [1.82, 2.24) is 14.5 Å². The summed E-state index contributed by atoms with van der Waals surface area (Å²) in [5.74, 6) is -1.66. The van der Waals surface area contributed by atoms with E-state index in [4.69, 9.17) is 9.84 Å². The van der Waals surface area contributed by atoms with Gasteiger partial charge in [0.05, 0.1) is 19.3 Å². The lowest BCUT2D eigenvalue weighted by Gasteiger charge is -2.17. The van der Waals surface area contributed by atoms with Gasteiger partial charge in [0, 0.05) is 12.4 Å². The Morgan fingerprint density at radius 3 is 2.69 bits per heavy atom. The molecule has 1 aliphatic heterocycles. The van der Waals surface area contributed by atoms with Crippen LogP contribution in [0.15, 0.2) is 35.4 Å². The zero-order chi connectivity index (χ0) is 21.1. The highest BCUT2D eigenvalue weighted by atomic mass is 16.6. The molecule has 0 bridgehead atoms. The maximum absolute atomic E-state index is 12.5. The molecule has 4 unspecified atom stereocenters. The molecule has 1 amide bonds. The van der Waals surface area contributed by atoms with Crippen LogP contribution >= 0.6 is 0 Å². The summed E-state index contributed by atoms with van der Waals surface area (Å²) in [6.07, 6.45) is -2.61. The lowest BCUT2D eigenvalue weighted by Crippen LogP contribution is -2.36. The molecule has 0 aliphatic carbocycles. The molecule has 1 aliphatic rings. The molecule has 0 spiro atoms. The molecule has 4 atom stereocenters. The number of esters is 1. The Balaban J connectivity index is 1.81. The standard InChI is InChI=1S/C17H18N4O8/c1-28-16(26)11-8(3-2-5-18-11)14(25)19-10-4-6-21(17(27)20-10)15-13(24)12(23)9(7-22)29-15/h2-6,9,12-13,15,22-24H,7H2,1H3,(H,19,20,25,27). The van der Waals surface area contributed by atoms with Crippen LogP contribution in [0.3, 0.4) is 0 Å². The predicted molar refractivity (Wildman–Crippen MR) is 95.0 cm³/mol. The highest BCUT2D eigenvalue weighted by molar-refractivity contribution is 6.09. The topological polar surface area (TPSA) is 173 Å². The number of rotatable bonds is 5. The van der Waals surface area contributed by atoms with Gasteiger partial charge in [-0.15, -0.1) is 0 Å². The van der Waals surface area contributed by atoms with Crippen molar-refractivity contribution in [3.05, 3.63) is 52.3 Å². The summed E-state index contributed by atoms with van der Waals surface area (Å²) < 4.78 is 10.8. The smallest absolute Gasteiger partial charge is 0.357 e. The number of anilines is 1. The third kappa shape index (κ3) is 4.00. The van der Waals surface area contributed by atoms with Gasteiger partial charge in [0.1, 0.15) is 24.1 Å². The fraction of sp³-hybridized carbons (Fsp3) is 0.353. The average molecular weight is 406 g/mol. The van der Waals surface area contributed by atoms with Crippen molar-refractivity contribution >= 4 is 17.7 Å². The number of carbonyl (C=O) groups excluding carboxylic acids is 2. The Morgan fingerprint density at radius 2 is 2.07 bits per heavy atom. The third-order valence-electron chi connectivity index (χ3n) is 4.29. The number of aliphatic hydroxyl groups excluding tert-OH is 3.